The number of hydrogen-bond donors (Lipinski definition) is 0. The van der Waals surface area contributed by atoms with E-state index in [-0.39, 0.29) is 0 Å². The van der Waals surface area contributed by atoms with Crippen LogP contribution in [0.5, 0.6) is 0 Å². The molecule has 2 heteroatoms. The second-order valence-electron chi connectivity index (χ2n) is 4.49. The van der Waals surface area contributed by atoms with Gasteiger partial charge in [-0.15, -0.1) is 0 Å². The van der Waals surface area contributed by atoms with Gasteiger partial charge < -0.3 is 0 Å². The lowest BCUT2D eigenvalue weighted by Crippen LogP contribution is -2.60. The van der Waals surface area contributed by atoms with Gasteiger partial charge in [-0.2, -0.15) is 0 Å². The molecule has 2 nitrogen and oxygen atoms in total. The molecule has 3 saturated heterocycles. The maximum atomic E-state index is 2.70. The molecule has 13 heavy (non-hydrogen) atoms. The van der Waals surface area contributed by atoms with E-state index in [2.05, 4.69) is 16.7 Å². The Hall–Kier alpha value is -0.0800. The highest BCUT2D eigenvalue weighted by molar-refractivity contribution is 4.87. The molecule has 1 atom stereocenters. The lowest BCUT2D eigenvalue weighted by atomic mass is 10.0. The van der Waals surface area contributed by atoms with Crippen molar-refractivity contribution in [2.24, 2.45) is 0 Å². The maximum absolute atomic E-state index is 2.70. The van der Waals surface area contributed by atoms with Gasteiger partial charge in [0.2, 0.25) is 0 Å². The van der Waals surface area contributed by atoms with Gasteiger partial charge in [0.15, 0.2) is 0 Å². The van der Waals surface area contributed by atoms with E-state index in [1.54, 1.807) is 0 Å². The Kier molecular flexibility index (Phi) is 3.23. The Morgan fingerprint density at radius 3 is 2.38 bits per heavy atom. The zero-order valence-electron chi connectivity index (χ0n) is 8.84. The fourth-order valence-corrected chi connectivity index (χ4v) is 2.63. The second kappa shape index (κ2) is 4.43. The molecule has 0 aromatic rings. The van der Waals surface area contributed by atoms with Crippen LogP contribution in [-0.2, 0) is 0 Å². The maximum Gasteiger partial charge on any atom is 0.0224 e. The third-order valence-corrected chi connectivity index (χ3v) is 3.53. The lowest BCUT2D eigenvalue weighted by Gasteiger charge is -2.47. The summed E-state index contributed by atoms with van der Waals surface area (Å²) >= 11 is 0. The average Bonchev–Trinajstić information content (AvgIpc) is 2.20. The number of hydrogen-bond acceptors (Lipinski definition) is 2. The van der Waals surface area contributed by atoms with E-state index in [0.29, 0.717) is 0 Å². The predicted molar refractivity (Wildman–Crippen MR) is 55.9 cm³/mol. The Morgan fingerprint density at radius 1 is 1.08 bits per heavy atom. The van der Waals surface area contributed by atoms with Crippen LogP contribution in [0.25, 0.3) is 0 Å². The number of fused-ring (bicyclic) bond motifs is 3. The van der Waals surface area contributed by atoms with E-state index in [1.807, 2.05) is 0 Å². The molecule has 1 unspecified atom stereocenters. The zero-order chi connectivity index (χ0) is 9.10. The van der Waals surface area contributed by atoms with E-state index < -0.39 is 0 Å². The van der Waals surface area contributed by atoms with Gasteiger partial charge in [-0.3, -0.25) is 9.80 Å². The van der Waals surface area contributed by atoms with E-state index >= 15 is 0 Å². The Balaban J connectivity index is 1.74. The summed E-state index contributed by atoms with van der Waals surface area (Å²) < 4.78 is 0. The summed E-state index contributed by atoms with van der Waals surface area (Å²) in [6, 6.07) is 0.897. The monoisotopic (exact) mass is 182 g/mol. The minimum atomic E-state index is 0.897. The van der Waals surface area contributed by atoms with Gasteiger partial charge in [-0.05, 0) is 6.42 Å². The number of unbranched alkanes of at least 4 members (excludes halogenated alkanes) is 2. The van der Waals surface area contributed by atoms with Gasteiger partial charge in [0, 0.05) is 38.8 Å². The van der Waals surface area contributed by atoms with E-state index in [1.165, 1.54) is 58.4 Å². The predicted octanol–water partition coefficient (Wildman–Crippen LogP) is 1.57. The molecule has 0 N–H and O–H groups in total. The highest BCUT2D eigenvalue weighted by Gasteiger charge is 2.30. The summed E-state index contributed by atoms with van der Waals surface area (Å²) in [7, 11) is 0. The van der Waals surface area contributed by atoms with Crippen molar-refractivity contribution < 1.29 is 0 Å². The van der Waals surface area contributed by atoms with Crippen molar-refractivity contribution in [3.8, 4) is 0 Å². The van der Waals surface area contributed by atoms with Crippen LogP contribution < -0.4 is 0 Å². The van der Waals surface area contributed by atoms with Gasteiger partial charge in [-0.25, -0.2) is 0 Å². The number of nitrogens with zero attached hydrogens (tertiary/aromatic N) is 2. The standard InChI is InChI=1S/C11H22N2/c1-2-3-4-5-11-10-12-6-8-13(11)9-7-12/h11H,2-10H2,1H3. The normalized spacial score (nSPS) is 38.1. The average molecular weight is 182 g/mol. The van der Waals surface area contributed by atoms with E-state index in [9.17, 15) is 0 Å². The van der Waals surface area contributed by atoms with Crippen LogP contribution in [0.15, 0.2) is 0 Å². The van der Waals surface area contributed by atoms with E-state index in [4.69, 9.17) is 0 Å². The summed E-state index contributed by atoms with van der Waals surface area (Å²) in [5.41, 5.74) is 0. The molecule has 2 bridgehead atoms. The van der Waals surface area contributed by atoms with Crippen LogP contribution in [0.2, 0.25) is 0 Å². The minimum Gasteiger partial charge on any atom is -0.299 e. The molecule has 3 aliphatic rings. The molecule has 0 aromatic heterocycles. The molecule has 0 radical (unpaired) electrons. The second-order valence-corrected chi connectivity index (χ2v) is 4.49. The third kappa shape index (κ3) is 2.23. The van der Waals surface area contributed by atoms with Crippen molar-refractivity contribution in [1.29, 1.82) is 0 Å². The number of rotatable bonds is 4. The lowest BCUT2D eigenvalue weighted by molar-refractivity contribution is 0.00890. The van der Waals surface area contributed by atoms with Crippen LogP contribution in [0, 0.1) is 0 Å². The summed E-state index contributed by atoms with van der Waals surface area (Å²) in [5.74, 6) is 0. The first-order valence-electron chi connectivity index (χ1n) is 5.86. The minimum absolute atomic E-state index is 0.897. The molecule has 3 heterocycles. The largest absolute Gasteiger partial charge is 0.299 e. The van der Waals surface area contributed by atoms with Crippen molar-refractivity contribution in [3.05, 3.63) is 0 Å². The summed E-state index contributed by atoms with van der Waals surface area (Å²) in [4.78, 5) is 5.34. The van der Waals surface area contributed by atoms with Gasteiger partial charge in [0.25, 0.3) is 0 Å². The van der Waals surface area contributed by atoms with Crippen molar-refractivity contribution in [2.75, 3.05) is 32.7 Å². The van der Waals surface area contributed by atoms with E-state index in [0.717, 1.165) is 6.04 Å². The molecule has 0 spiro atoms. The molecule has 3 aliphatic heterocycles. The molecule has 76 valence electrons. The zero-order valence-corrected chi connectivity index (χ0v) is 8.84. The molecule has 0 amide bonds. The first-order valence-corrected chi connectivity index (χ1v) is 5.86. The highest BCUT2D eigenvalue weighted by atomic mass is 15.3. The topological polar surface area (TPSA) is 6.48 Å². The summed E-state index contributed by atoms with van der Waals surface area (Å²) in [5, 5.41) is 0. The van der Waals surface area contributed by atoms with Gasteiger partial charge in [-0.1, -0.05) is 26.2 Å². The van der Waals surface area contributed by atoms with Crippen LogP contribution >= 0.6 is 0 Å². The third-order valence-electron chi connectivity index (χ3n) is 3.53. The van der Waals surface area contributed by atoms with Crippen molar-refractivity contribution >= 4 is 0 Å². The SMILES string of the molecule is CCCCCC1CN2CCN1CC2. The summed E-state index contributed by atoms with van der Waals surface area (Å²) in [6.45, 7) is 8.95. The fraction of sp³-hybridized carbons (Fsp3) is 1.00. The molecular weight excluding hydrogens is 160 g/mol. The van der Waals surface area contributed by atoms with Gasteiger partial charge in [0.05, 0.1) is 0 Å². The Labute approximate surface area is 81.9 Å². The van der Waals surface area contributed by atoms with Crippen molar-refractivity contribution in [3.63, 3.8) is 0 Å². The first-order chi connectivity index (χ1) is 6.40. The van der Waals surface area contributed by atoms with Crippen molar-refractivity contribution in [2.45, 2.75) is 38.6 Å². The van der Waals surface area contributed by atoms with Crippen LogP contribution in [0.3, 0.4) is 0 Å². The van der Waals surface area contributed by atoms with Crippen molar-refractivity contribution in [1.82, 2.24) is 9.80 Å². The first kappa shape index (κ1) is 9.47. The quantitative estimate of drug-likeness (QED) is 0.609. The highest BCUT2D eigenvalue weighted by Crippen LogP contribution is 2.19. The smallest absolute Gasteiger partial charge is 0.0224 e. The molecule has 0 aliphatic carbocycles. The molecule has 0 aromatic carbocycles. The van der Waals surface area contributed by atoms with Crippen LogP contribution in [0.4, 0.5) is 0 Å². The van der Waals surface area contributed by atoms with Gasteiger partial charge >= 0.3 is 0 Å². The number of piperazine rings is 3. The van der Waals surface area contributed by atoms with Gasteiger partial charge in [0.1, 0.15) is 0 Å². The summed E-state index contributed by atoms with van der Waals surface area (Å²) in [6.07, 6.45) is 5.65. The molecule has 0 saturated carbocycles. The fourth-order valence-electron chi connectivity index (χ4n) is 2.63. The molecule has 3 rings (SSSR count). The van der Waals surface area contributed by atoms with Crippen LogP contribution in [-0.4, -0.2) is 48.6 Å². The molecular formula is C11H22N2. The Morgan fingerprint density at radius 2 is 1.85 bits per heavy atom. The molecule has 3 fully saturated rings. The Bertz CT molecular complexity index is 150. The van der Waals surface area contributed by atoms with Crippen LogP contribution in [0.1, 0.15) is 32.6 Å².